The van der Waals surface area contributed by atoms with Gasteiger partial charge in [0, 0.05) is 0 Å². The largest absolute Gasteiger partial charge is 0.481 e. The number of aliphatic hydroxyl groups is 2. The van der Waals surface area contributed by atoms with Crippen LogP contribution in [0.2, 0.25) is 0 Å². The molecule has 2 unspecified atom stereocenters. The van der Waals surface area contributed by atoms with E-state index in [0.29, 0.717) is 6.42 Å². The summed E-state index contributed by atoms with van der Waals surface area (Å²) < 4.78 is 4.66. The van der Waals surface area contributed by atoms with Crippen LogP contribution >= 0.6 is 0 Å². The zero-order chi connectivity index (χ0) is 16.5. The predicted molar refractivity (Wildman–Crippen MR) is 70.6 cm³/mol. The Kier molecular flexibility index (Phi) is 8.56. The number of carboxylic acid groups (broad SMARTS) is 2. The van der Waals surface area contributed by atoms with E-state index in [4.69, 9.17) is 10.2 Å². The number of unbranched alkanes of at least 4 members (excludes halogenated alkanes) is 2. The van der Waals surface area contributed by atoms with E-state index >= 15 is 0 Å². The Hall–Kier alpha value is -1.67. The Morgan fingerprint density at radius 1 is 1.14 bits per heavy atom. The first kappa shape index (κ1) is 19.3. The first-order chi connectivity index (χ1) is 9.71. The second kappa shape index (κ2) is 9.30. The van der Waals surface area contributed by atoms with Crippen LogP contribution < -0.4 is 0 Å². The van der Waals surface area contributed by atoms with E-state index in [2.05, 4.69) is 4.74 Å². The van der Waals surface area contributed by atoms with Gasteiger partial charge in [-0.15, -0.1) is 0 Å². The van der Waals surface area contributed by atoms with E-state index in [0.717, 1.165) is 19.3 Å². The van der Waals surface area contributed by atoms with Crippen molar-refractivity contribution in [2.75, 3.05) is 6.61 Å². The molecule has 4 N–H and O–H groups in total. The van der Waals surface area contributed by atoms with Crippen molar-refractivity contribution < 1.29 is 39.5 Å². The van der Waals surface area contributed by atoms with E-state index in [-0.39, 0.29) is 6.61 Å². The highest BCUT2D eigenvalue weighted by molar-refractivity contribution is 5.88. The lowest BCUT2D eigenvalue weighted by atomic mass is 9.96. The summed E-state index contributed by atoms with van der Waals surface area (Å²) >= 11 is 0. The zero-order valence-corrected chi connectivity index (χ0v) is 11.9. The SMILES string of the molecule is CCCCCC(O)COC(=O)CC(O)(CC(=O)O)C(=O)O. The van der Waals surface area contributed by atoms with Crippen molar-refractivity contribution in [1.82, 2.24) is 0 Å². The van der Waals surface area contributed by atoms with Crippen molar-refractivity contribution in [3.8, 4) is 0 Å². The Morgan fingerprint density at radius 3 is 2.24 bits per heavy atom. The minimum atomic E-state index is -2.71. The van der Waals surface area contributed by atoms with Crippen LogP contribution in [-0.4, -0.2) is 56.6 Å². The number of hydrogen-bond donors (Lipinski definition) is 4. The van der Waals surface area contributed by atoms with Gasteiger partial charge in [0.2, 0.25) is 0 Å². The Labute approximate surface area is 122 Å². The van der Waals surface area contributed by atoms with Gasteiger partial charge in [0.1, 0.15) is 6.61 Å². The number of aliphatic hydroxyl groups excluding tert-OH is 1. The summed E-state index contributed by atoms with van der Waals surface area (Å²) in [6, 6.07) is 0. The highest BCUT2D eigenvalue weighted by Crippen LogP contribution is 2.17. The molecule has 0 aliphatic carbocycles. The van der Waals surface area contributed by atoms with Crippen molar-refractivity contribution in [1.29, 1.82) is 0 Å². The summed E-state index contributed by atoms with van der Waals surface area (Å²) in [6.07, 6.45) is 0.160. The second-order valence-corrected chi connectivity index (χ2v) is 4.92. The molecule has 122 valence electrons. The maximum Gasteiger partial charge on any atom is 0.336 e. The van der Waals surface area contributed by atoms with Gasteiger partial charge in [0.25, 0.3) is 0 Å². The van der Waals surface area contributed by atoms with Gasteiger partial charge < -0.3 is 25.2 Å². The summed E-state index contributed by atoms with van der Waals surface area (Å²) in [4.78, 5) is 32.8. The fourth-order valence-electron chi connectivity index (χ4n) is 1.66. The Balaban J connectivity index is 4.27. The van der Waals surface area contributed by atoms with Gasteiger partial charge in [0.15, 0.2) is 5.60 Å². The van der Waals surface area contributed by atoms with Crippen molar-refractivity contribution in [3.63, 3.8) is 0 Å². The maximum absolute atomic E-state index is 11.4. The molecule has 0 aromatic rings. The average Bonchev–Trinajstić information content (AvgIpc) is 2.35. The van der Waals surface area contributed by atoms with Gasteiger partial charge in [-0.1, -0.05) is 26.2 Å². The molecule has 0 rings (SSSR count). The molecule has 8 nitrogen and oxygen atoms in total. The fourth-order valence-corrected chi connectivity index (χ4v) is 1.66. The topological polar surface area (TPSA) is 141 Å². The third kappa shape index (κ3) is 8.26. The third-order valence-corrected chi connectivity index (χ3v) is 2.86. The summed E-state index contributed by atoms with van der Waals surface area (Å²) in [7, 11) is 0. The molecule has 0 aromatic carbocycles. The highest BCUT2D eigenvalue weighted by atomic mass is 16.5. The van der Waals surface area contributed by atoms with Crippen LogP contribution in [0.3, 0.4) is 0 Å². The zero-order valence-electron chi connectivity index (χ0n) is 11.9. The van der Waals surface area contributed by atoms with Crippen LogP contribution in [0.25, 0.3) is 0 Å². The molecule has 0 saturated carbocycles. The molecule has 0 saturated heterocycles. The molecule has 0 aromatic heterocycles. The summed E-state index contributed by atoms with van der Waals surface area (Å²) in [5, 5.41) is 36.5. The standard InChI is InChI=1S/C13H22O8/c1-2-3-4-5-9(14)8-21-11(17)7-13(20,12(18)19)6-10(15)16/h9,14,20H,2-8H2,1H3,(H,15,16)(H,18,19). The number of hydrogen-bond acceptors (Lipinski definition) is 6. The Morgan fingerprint density at radius 2 is 1.76 bits per heavy atom. The first-order valence-corrected chi connectivity index (χ1v) is 6.72. The number of carbonyl (C=O) groups is 3. The fraction of sp³-hybridized carbons (Fsp3) is 0.769. The molecule has 0 bridgehead atoms. The van der Waals surface area contributed by atoms with Crippen LogP contribution in [0.5, 0.6) is 0 Å². The molecule has 0 fully saturated rings. The molecule has 21 heavy (non-hydrogen) atoms. The van der Waals surface area contributed by atoms with Crippen molar-refractivity contribution in [3.05, 3.63) is 0 Å². The minimum absolute atomic E-state index is 0.314. The van der Waals surface area contributed by atoms with Crippen LogP contribution in [-0.2, 0) is 19.1 Å². The van der Waals surface area contributed by atoms with Crippen molar-refractivity contribution in [2.45, 2.75) is 57.2 Å². The molecule has 2 atom stereocenters. The minimum Gasteiger partial charge on any atom is -0.481 e. The molecule has 0 heterocycles. The van der Waals surface area contributed by atoms with Gasteiger partial charge in [-0.05, 0) is 6.42 Å². The monoisotopic (exact) mass is 306 g/mol. The molecule has 0 radical (unpaired) electrons. The summed E-state index contributed by atoms with van der Waals surface area (Å²) in [5.74, 6) is -4.44. The van der Waals surface area contributed by atoms with E-state index in [9.17, 15) is 24.6 Å². The number of aliphatic carboxylic acids is 2. The number of carbonyl (C=O) groups excluding carboxylic acids is 1. The molecule has 0 amide bonds. The Bertz CT molecular complexity index is 367. The van der Waals surface area contributed by atoms with E-state index in [1.807, 2.05) is 6.92 Å². The molecule has 0 aliphatic heterocycles. The average molecular weight is 306 g/mol. The number of carboxylic acids is 2. The third-order valence-electron chi connectivity index (χ3n) is 2.86. The van der Waals surface area contributed by atoms with Gasteiger partial charge in [-0.3, -0.25) is 9.59 Å². The molecular formula is C13H22O8. The molecular weight excluding hydrogens is 284 g/mol. The molecule has 0 spiro atoms. The first-order valence-electron chi connectivity index (χ1n) is 6.72. The second-order valence-electron chi connectivity index (χ2n) is 4.92. The normalized spacial score (nSPS) is 15.0. The van der Waals surface area contributed by atoms with Gasteiger partial charge >= 0.3 is 17.9 Å². The van der Waals surface area contributed by atoms with E-state index in [1.54, 1.807) is 0 Å². The number of esters is 1. The summed E-state index contributed by atoms with van der Waals surface area (Å²) in [6.45, 7) is 1.69. The summed E-state index contributed by atoms with van der Waals surface area (Å²) in [5.41, 5.74) is -2.71. The predicted octanol–water partition coefficient (Wildman–Crippen LogP) is 0.151. The van der Waals surface area contributed by atoms with Crippen molar-refractivity contribution >= 4 is 17.9 Å². The van der Waals surface area contributed by atoms with Crippen LogP contribution in [0.1, 0.15) is 45.4 Å². The lowest BCUT2D eigenvalue weighted by Crippen LogP contribution is -2.43. The van der Waals surface area contributed by atoms with E-state index < -0.39 is 42.5 Å². The quantitative estimate of drug-likeness (QED) is 0.312. The molecule has 0 aliphatic rings. The van der Waals surface area contributed by atoms with Crippen LogP contribution in [0.4, 0.5) is 0 Å². The lowest BCUT2D eigenvalue weighted by Gasteiger charge is -2.20. The number of ether oxygens (including phenoxy) is 1. The van der Waals surface area contributed by atoms with Gasteiger partial charge in [-0.25, -0.2) is 4.79 Å². The van der Waals surface area contributed by atoms with Gasteiger partial charge in [0.05, 0.1) is 18.9 Å². The van der Waals surface area contributed by atoms with Crippen LogP contribution in [0.15, 0.2) is 0 Å². The van der Waals surface area contributed by atoms with E-state index in [1.165, 1.54) is 0 Å². The van der Waals surface area contributed by atoms with Crippen molar-refractivity contribution in [2.24, 2.45) is 0 Å². The molecule has 8 heteroatoms. The number of rotatable bonds is 11. The lowest BCUT2D eigenvalue weighted by molar-refractivity contribution is -0.172. The highest BCUT2D eigenvalue weighted by Gasteiger charge is 2.41. The maximum atomic E-state index is 11.4. The van der Waals surface area contributed by atoms with Gasteiger partial charge in [-0.2, -0.15) is 0 Å². The van der Waals surface area contributed by atoms with Crippen LogP contribution in [0, 0.1) is 0 Å². The smallest absolute Gasteiger partial charge is 0.336 e.